The van der Waals surface area contributed by atoms with E-state index in [-0.39, 0.29) is 12.0 Å². The number of carboxylic acid groups (broad SMARTS) is 2. The van der Waals surface area contributed by atoms with Gasteiger partial charge in [0, 0.05) is 5.56 Å². The standard InChI is InChI=1S/C16H20N2O6S/c1-25-8-7-11(17)15(22)18(12(16(23)24)9-13(19)20)14(21)10-5-3-2-4-6-10/h2-6,11-12H,7-9,17H2,1H3,(H,19,20)(H,23,24). The van der Waals surface area contributed by atoms with E-state index in [1.54, 1.807) is 18.2 Å². The Bertz CT molecular complexity index is 637. The summed E-state index contributed by atoms with van der Waals surface area (Å²) in [5.41, 5.74) is 5.87. The van der Waals surface area contributed by atoms with Crippen LogP contribution in [-0.2, 0) is 14.4 Å². The maximum atomic E-state index is 12.7. The van der Waals surface area contributed by atoms with Gasteiger partial charge in [0.05, 0.1) is 12.5 Å². The van der Waals surface area contributed by atoms with Crippen LogP contribution in [0.4, 0.5) is 0 Å². The second-order valence-corrected chi connectivity index (χ2v) is 6.20. The largest absolute Gasteiger partial charge is 0.481 e. The molecule has 0 heterocycles. The first-order valence-corrected chi connectivity index (χ1v) is 8.80. The van der Waals surface area contributed by atoms with Crippen molar-refractivity contribution in [2.24, 2.45) is 5.73 Å². The molecule has 1 aromatic carbocycles. The van der Waals surface area contributed by atoms with Crippen LogP contribution >= 0.6 is 11.8 Å². The summed E-state index contributed by atoms with van der Waals surface area (Å²) in [6.45, 7) is 0. The lowest BCUT2D eigenvalue weighted by Crippen LogP contribution is -2.55. The number of nitrogens with two attached hydrogens (primary N) is 1. The Morgan fingerprint density at radius 3 is 2.24 bits per heavy atom. The maximum Gasteiger partial charge on any atom is 0.327 e. The molecule has 0 aliphatic carbocycles. The van der Waals surface area contributed by atoms with Crippen molar-refractivity contribution < 1.29 is 29.4 Å². The highest BCUT2D eigenvalue weighted by Gasteiger charge is 2.38. The molecule has 0 aromatic heterocycles. The number of amides is 2. The zero-order valence-corrected chi connectivity index (χ0v) is 14.4. The second-order valence-electron chi connectivity index (χ2n) is 5.22. The smallest absolute Gasteiger partial charge is 0.327 e. The van der Waals surface area contributed by atoms with Crippen molar-refractivity contribution in [1.29, 1.82) is 0 Å². The summed E-state index contributed by atoms with van der Waals surface area (Å²) in [7, 11) is 0. The molecule has 9 heteroatoms. The van der Waals surface area contributed by atoms with Gasteiger partial charge in [-0.05, 0) is 30.6 Å². The molecule has 0 bridgehead atoms. The van der Waals surface area contributed by atoms with Crippen LogP contribution in [0.5, 0.6) is 0 Å². The van der Waals surface area contributed by atoms with Gasteiger partial charge >= 0.3 is 11.9 Å². The Labute approximate surface area is 149 Å². The van der Waals surface area contributed by atoms with Crippen LogP contribution < -0.4 is 5.73 Å². The van der Waals surface area contributed by atoms with Crippen molar-refractivity contribution in [3.8, 4) is 0 Å². The van der Waals surface area contributed by atoms with E-state index < -0.39 is 42.3 Å². The highest BCUT2D eigenvalue weighted by Crippen LogP contribution is 2.15. The number of hydrogen-bond donors (Lipinski definition) is 3. The Balaban J connectivity index is 3.24. The average molecular weight is 368 g/mol. The minimum absolute atomic E-state index is 0.0737. The molecule has 4 N–H and O–H groups in total. The minimum atomic E-state index is -1.84. The zero-order valence-electron chi connectivity index (χ0n) is 13.6. The minimum Gasteiger partial charge on any atom is -0.481 e. The number of carboxylic acids is 2. The van der Waals surface area contributed by atoms with Crippen LogP contribution in [0.25, 0.3) is 0 Å². The van der Waals surface area contributed by atoms with Crippen LogP contribution in [0.2, 0.25) is 0 Å². The van der Waals surface area contributed by atoms with Crippen LogP contribution in [0.1, 0.15) is 23.2 Å². The van der Waals surface area contributed by atoms with E-state index in [1.807, 2.05) is 6.26 Å². The number of rotatable bonds is 9. The molecule has 136 valence electrons. The summed E-state index contributed by atoms with van der Waals surface area (Å²) >= 11 is 1.44. The van der Waals surface area contributed by atoms with Crippen LogP contribution in [-0.4, -0.2) is 63.0 Å². The fourth-order valence-corrected chi connectivity index (χ4v) is 2.61. The number of carbonyl (C=O) groups excluding carboxylic acids is 2. The lowest BCUT2D eigenvalue weighted by molar-refractivity contribution is -0.152. The monoisotopic (exact) mass is 368 g/mol. The molecule has 8 nitrogen and oxygen atoms in total. The molecule has 2 atom stereocenters. The molecule has 0 spiro atoms. The molecule has 0 aliphatic rings. The summed E-state index contributed by atoms with van der Waals surface area (Å²) in [5, 5.41) is 18.3. The van der Waals surface area contributed by atoms with E-state index >= 15 is 0 Å². The first-order valence-electron chi connectivity index (χ1n) is 7.41. The fourth-order valence-electron chi connectivity index (χ4n) is 2.12. The predicted molar refractivity (Wildman–Crippen MR) is 92.3 cm³/mol. The lowest BCUT2D eigenvalue weighted by Gasteiger charge is -2.28. The molecule has 25 heavy (non-hydrogen) atoms. The number of aliphatic carboxylic acids is 2. The van der Waals surface area contributed by atoms with Crippen LogP contribution in [0.15, 0.2) is 30.3 Å². The highest BCUT2D eigenvalue weighted by atomic mass is 32.2. The number of imide groups is 1. The molecule has 1 aromatic rings. The predicted octanol–water partition coefficient (Wildman–Crippen LogP) is 0.664. The van der Waals surface area contributed by atoms with Gasteiger partial charge < -0.3 is 15.9 Å². The summed E-state index contributed by atoms with van der Waals surface area (Å²) in [5.74, 6) is -4.28. The van der Waals surface area contributed by atoms with Gasteiger partial charge in [-0.15, -0.1) is 0 Å². The van der Waals surface area contributed by atoms with Gasteiger partial charge in [0.25, 0.3) is 5.91 Å². The molecular weight excluding hydrogens is 348 g/mol. The third-order valence-electron chi connectivity index (χ3n) is 3.39. The van der Waals surface area contributed by atoms with Gasteiger partial charge in [-0.25, -0.2) is 4.79 Å². The van der Waals surface area contributed by atoms with E-state index in [0.717, 1.165) is 0 Å². The van der Waals surface area contributed by atoms with Crippen molar-refractivity contribution in [1.82, 2.24) is 4.90 Å². The first kappa shape index (κ1) is 20.7. The molecule has 0 saturated heterocycles. The van der Waals surface area contributed by atoms with Gasteiger partial charge in [-0.2, -0.15) is 11.8 Å². The quantitative estimate of drug-likeness (QED) is 0.578. The van der Waals surface area contributed by atoms with Gasteiger partial charge in [0.1, 0.15) is 6.04 Å². The van der Waals surface area contributed by atoms with Crippen molar-refractivity contribution >= 4 is 35.5 Å². The number of hydrogen-bond acceptors (Lipinski definition) is 6. The highest BCUT2D eigenvalue weighted by molar-refractivity contribution is 7.98. The number of carbonyl (C=O) groups is 4. The molecule has 0 aliphatic heterocycles. The van der Waals surface area contributed by atoms with Crippen molar-refractivity contribution in [3.63, 3.8) is 0 Å². The van der Waals surface area contributed by atoms with E-state index in [9.17, 15) is 24.3 Å². The van der Waals surface area contributed by atoms with Crippen molar-refractivity contribution in [2.45, 2.75) is 24.9 Å². The summed E-state index contributed by atoms with van der Waals surface area (Å²) < 4.78 is 0. The topological polar surface area (TPSA) is 138 Å². The Morgan fingerprint density at radius 1 is 1.16 bits per heavy atom. The molecule has 2 unspecified atom stereocenters. The SMILES string of the molecule is CSCCC(N)C(=O)N(C(=O)c1ccccc1)C(CC(=O)O)C(=O)O. The fraction of sp³-hybridized carbons (Fsp3) is 0.375. The maximum absolute atomic E-state index is 12.7. The summed E-state index contributed by atoms with van der Waals surface area (Å²) in [4.78, 5) is 48.2. The van der Waals surface area contributed by atoms with E-state index in [4.69, 9.17) is 10.8 Å². The van der Waals surface area contributed by atoms with Crippen molar-refractivity contribution in [3.05, 3.63) is 35.9 Å². The summed E-state index contributed by atoms with van der Waals surface area (Å²) in [6.07, 6.45) is 1.14. The summed E-state index contributed by atoms with van der Waals surface area (Å²) in [6, 6.07) is 4.64. The van der Waals surface area contributed by atoms with E-state index in [2.05, 4.69) is 0 Å². The van der Waals surface area contributed by atoms with Gasteiger partial charge in [0.2, 0.25) is 5.91 Å². The van der Waals surface area contributed by atoms with Gasteiger partial charge in [0.15, 0.2) is 0 Å². The van der Waals surface area contributed by atoms with E-state index in [1.165, 1.54) is 23.9 Å². The Hall–Kier alpha value is -2.39. The Morgan fingerprint density at radius 2 is 1.76 bits per heavy atom. The Kier molecular flexibility index (Phi) is 8.09. The number of benzene rings is 1. The molecule has 1 rings (SSSR count). The molecule has 0 saturated carbocycles. The van der Waals surface area contributed by atoms with E-state index in [0.29, 0.717) is 10.7 Å². The molecule has 2 amide bonds. The van der Waals surface area contributed by atoms with Gasteiger partial charge in [-0.1, -0.05) is 18.2 Å². The van der Waals surface area contributed by atoms with Gasteiger partial charge in [-0.3, -0.25) is 19.3 Å². The number of thioether (sulfide) groups is 1. The van der Waals surface area contributed by atoms with Crippen LogP contribution in [0.3, 0.4) is 0 Å². The third kappa shape index (κ3) is 5.87. The number of nitrogens with zero attached hydrogens (tertiary/aromatic N) is 1. The lowest BCUT2D eigenvalue weighted by atomic mass is 10.1. The molecule has 0 radical (unpaired) electrons. The van der Waals surface area contributed by atoms with Crippen LogP contribution in [0, 0.1) is 0 Å². The molecular formula is C16H20N2O6S. The normalized spacial score (nSPS) is 12.9. The average Bonchev–Trinajstić information content (AvgIpc) is 2.58. The first-order chi connectivity index (χ1) is 11.8. The van der Waals surface area contributed by atoms with Crippen molar-refractivity contribution in [2.75, 3.05) is 12.0 Å². The second kappa shape index (κ2) is 9.80. The molecule has 0 fully saturated rings. The zero-order chi connectivity index (χ0) is 19.0. The third-order valence-corrected chi connectivity index (χ3v) is 4.04.